The second-order valence-electron chi connectivity index (χ2n) is 7.13. The fourth-order valence-electron chi connectivity index (χ4n) is 3.57. The van der Waals surface area contributed by atoms with Crippen LogP contribution in [0.5, 0.6) is 0 Å². The summed E-state index contributed by atoms with van der Waals surface area (Å²) in [6.07, 6.45) is 1.21. The molecule has 0 aromatic heterocycles. The van der Waals surface area contributed by atoms with E-state index >= 15 is 0 Å². The maximum Gasteiger partial charge on any atom is 0.239 e. The molecule has 2 N–H and O–H groups in total. The molecule has 0 bridgehead atoms. The molecule has 142 valence electrons. The van der Waals surface area contributed by atoms with E-state index < -0.39 is 6.04 Å². The highest BCUT2D eigenvalue weighted by atomic mass is 35.5. The van der Waals surface area contributed by atoms with Crippen LogP contribution in [0.15, 0.2) is 0 Å². The molecule has 0 aromatic rings. The molecule has 0 saturated carbocycles. The van der Waals surface area contributed by atoms with Crippen LogP contribution in [-0.4, -0.2) is 78.4 Å². The standard InChI is InChI=1S/C16H30N4O2.2ClH/c1-12-8-13(2)10-20(9-12)15(21)11-18-4-6-19(7-5-18)16(22)14(3)17;;/h12-14H,4-11,17H2,1-3H3;2*1H/t12?,13?,14-;;/m1../s1. The summed E-state index contributed by atoms with van der Waals surface area (Å²) in [5.41, 5.74) is 5.64. The van der Waals surface area contributed by atoms with Crippen molar-refractivity contribution in [1.29, 1.82) is 0 Å². The Hall–Kier alpha value is -0.560. The van der Waals surface area contributed by atoms with Gasteiger partial charge in [-0.1, -0.05) is 13.8 Å². The molecule has 2 aliphatic rings. The summed E-state index contributed by atoms with van der Waals surface area (Å²) in [5.74, 6) is 1.41. The maximum absolute atomic E-state index is 12.5. The van der Waals surface area contributed by atoms with Crippen LogP contribution in [0.1, 0.15) is 27.2 Å². The Morgan fingerprint density at radius 2 is 1.50 bits per heavy atom. The van der Waals surface area contributed by atoms with Gasteiger partial charge in [-0.25, -0.2) is 0 Å². The number of halogens is 2. The number of nitrogens with two attached hydrogens (primary N) is 1. The smallest absolute Gasteiger partial charge is 0.239 e. The van der Waals surface area contributed by atoms with Crippen molar-refractivity contribution >= 4 is 36.6 Å². The minimum Gasteiger partial charge on any atom is -0.341 e. The number of piperazine rings is 1. The summed E-state index contributed by atoms with van der Waals surface area (Å²) in [6, 6.07) is -0.440. The topological polar surface area (TPSA) is 69.9 Å². The molecular formula is C16H32Cl2N4O2. The number of likely N-dealkylation sites (tertiary alicyclic amines) is 1. The fraction of sp³-hybridized carbons (Fsp3) is 0.875. The van der Waals surface area contributed by atoms with Gasteiger partial charge in [0.25, 0.3) is 0 Å². The lowest BCUT2D eigenvalue weighted by Crippen LogP contribution is -2.55. The Bertz CT molecular complexity index is 405. The third-order valence-electron chi connectivity index (χ3n) is 4.65. The van der Waals surface area contributed by atoms with Gasteiger partial charge in [0.05, 0.1) is 12.6 Å². The van der Waals surface area contributed by atoms with Crippen molar-refractivity contribution in [2.75, 3.05) is 45.8 Å². The molecule has 2 rings (SSSR count). The number of carbonyl (C=O) groups excluding carboxylic acids is 2. The van der Waals surface area contributed by atoms with E-state index in [2.05, 4.69) is 18.7 Å². The number of amides is 2. The number of hydrogen-bond acceptors (Lipinski definition) is 4. The van der Waals surface area contributed by atoms with Gasteiger partial charge in [0.2, 0.25) is 11.8 Å². The molecule has 0 aromatic carbocycles. The summed E-state index contributed by atoms with van der Waals surface area (Å²) in [5, 5.41) is 0. The molecule has 0 spiro atoms. The number of carbonyl (C=O) groups is 2. The van der Waals surface area contributed by atoms with Gasteiger partial charge in [-0.15, -0.1) is 24.8 Å². The number of hydrogen-bond donors (Lipinski definition) is 1. The summed E-state index contributed by atoms with van der Waals surface area (Å²) in [4.78, 5) is 30.3. The van der Waals surface area contributed by atoms with Crippen LogP contribution in [0.25, 0.3) is 0 Å². The van der Waals surface area contributed by atoms with Crippen molar-refractivity contribution in [2.24, 2.45) is 17.6 Å². The van der Waals surface area contributed by atoms with Crippen molar-refractivity contribution < 1.29 is 9.59 Å². The van der Waals surface area contributed by atoms with E-state index in [0.717, 1.165) is 26.2 Å². The van der Waals surface area contributed by atoms with Gasteiger partial charge in [0.15, 0.2) is 0 Å². The zero-order chi connectivity index (χ0) is 16.3. The second kappa shape index (κ2) is 10.4. The van der Waals surface area contributed by atoms with Crippen molar-refractivity contribution in [3.8, 4) is 0 Å². The van der Waals surface area contributed by atoms with Crippen LogP contribution in [-0.2, 0) is 9.59 Å². The molecule has 0 radical (unpaired) electrons. The number of piperidine rings is 1. The third kappa shape index (κ3) is 6.39. The molecule has 2 heterocycles. The van der Waals surface area contributed by atoms with E-state index in [1.54, 1.807) is 11.8 Å². The predicted octanol–water partition coefficient (Wildman–Crippen LogP) is 0.826. The van der Waals surface area contributed by atoms with Gasteiger partial charge in [0.1, 0.15) is 0 Å². The molecule has 3 atom stereocenters. The average molecular weight is 383 g/mol. The van der Waals surface area contributed by atoms with Crippen molar-refractivity contribution in [2.45, 2.75) is 33.2 Å². The van der Waals surface area contributed by atoms with Gasteiger partial charge in [0, 0.05) is 39.3 Å². The summed E-state index contributed by atoms with van der Waals surface area (Å²) in [7, 11) is 0. The molecular weight excluding hydrogens is 351 g/mol. The zero-order valence-corrected chi connectivity index (χ0v) is 16.6. The van der Waals surface area contributed by atoms with Crippen LogP contribution >= 0.6 is 24.8 Å². The lowest BCUT2D eigenvalue weighted by atomic mass is 9.92. The third-order valence-corrected chi connectivity index (χ3v) is 4.65. The first-order chi connectivity index (χ1) is 10.4. The molecule has 2 aliphatic heterocycles. The van der Waals surface area contributed by atoms with E-state index in [4.69, 9.17) is 5.73 Å². The van der Waals surface area contributed by atoms with Crippen molar-refractivity contribution in [3.05, 3.63) is 0 Å². The largest absolute Gasteiger partial charge is 0.341 e. The van der Waals surface area contributed by atoms with Gasteiger partial charge in [-0.3, -0.25) is 14.5 Å². The van der Waals surface area contributed by atoms with Crippen molar-refractivity contribution in [1.82, 2.24) is 14.7 Å². The highest BCUT2D eigenvalue weighted by Crippen LogP contribution is 2.21. The van der Waals surface area contributed by atoms with Crippen LogP contribution in [0, 0.1) is 11.8 Å². The first-order valence-corrected chi connectivity index (χ1v) is 8.41. The molecule has 24 heavy (non-hydrogen) atoms. The fourth-order valence-corrected chi connectivity index (χ4v) is 3.57. The minimum absolute atomic E-state index is 0. The molecule has 2 unspecified atom stereocenters. The monoisotopic (exact) mass is 382 g/mol. The summed E-state index contributed by atoms with van der Waals surface area (Å²) < 4.78 is 0. The zero-order valence-electron chi connectivity index (χ0n) is 14.9. The molecule has 8 heteroatoms. The minimum atomic E-state index is -0.440. The lowest BCUT2D eigenvalue weighted by Gasteiger charge is -2.38. The highest BCUT2D eigenvalue weighted by Gasteiger charge is 2.28. The van der Waals surface area contributed by atoms with Crippen LogP contribution in [0.4, 0.5) is 0 Å². The van der Waals surface area contributed by atoms with Gasteiger partial charge in [-0.2, -0.15) is 0 Å². The Labute approximate surface area is 157 Å². The number of nitrogens with zero attached hydrogens (tertiary/aromatic N) is 3. The lowest BCUT2D eigenvalue weighted by molar-refractivity contribution is -0.137. The van der Waals surface area contributed by atoms with E-state index in [9.17, 15) is 9.59 Å². The first kappa shape index (κ1) is 23.4. The van der Waals surface area contributed by atoms with Crippen LogP contribution in [0.3, 0.4) is 0 Å². The van der Waals surface area contributed by atoms with Crippen molar-refractivity contribution in [3.63, 3.8) is 0 Å². The van der Waals surface area contributed by atoms with Gasteiger partial charge < -0.3 is 15.5 Å². The van der Waals surface area contributed by atoms with E-state index in [1.807, 2.05) is 4.90 Å². The normalized spacial score (nSPS) is 26.2. The maximum atomic E-state index is 12.5. The Balaban J connectivity index is 0.00000264. The first-order valence-electron chi connectivity index (χ1n) is 8.41. The molecule has 0 aliphatic carbocycles. The Kier molecular flexibility index (Phi) is 10.2. The highest BCUT2D eigenvalue weighted by molar-refractivity contribution is 5.85. The number of rotatable bonds is 3. The van der Waals surface area contributed by atoms with Crippen LogP contribution in [0.2, 0.25) is 0 Å². The van der Waals surface area contributed by atoms with E-state index in [0.29, 0.717) is 31.5 Å². The second-order valence-corrected chi connectivity index (χ2v) is 7.13. The molecule has 2 saturated heterocycles. The van der Waals surface area contributed by atoms with E-state index in [-0.39, 0.29) is 36.6 Å². The molecule has 2 fully saturated rings. The predicted molar refractivity (Wildman–Crippen MR) is 101 cm³/mol. The Morgan fingerprint density at radius 1 is 1.00 bits per heavy atom. The summed E-state index contributed by atoms with van der Waals surface area (Å²) >= 11 is 0. The quantitative estimate of drug-likeness (QED) is 0.784. The average Bonchev–Trinajstić information content (AvgIpc) is 2.46. The molecule has 6 nitrogen and oxygen atoms in total. The van der Waals surface area contributed by atoms with E-state index in [1.165, 1.54) is 6.42 Å². The Morgan fingerprint density at radius 3 is 1.96 bits per heavy atom. The van der Waals surface area contributed by atoms with Crippen LogP contribution < -0.4 is 5.73 Å². The van der Waals surface area contributed by atoms with Gasteiger partial charge >= 0.3 is 0 Å². The molecule has 2 amide bonds. The SMILES string of the molecule is CC1CC(C)CN(C(=O)CN2CCN(C(=O)[C@@H](C)N)CC2)C1.Cl.Cl. The summed E-state index contributed by atoms with van der Waals surface area (Å²) in [6.45, 7) is 11.2. The van der Waals surface area contributed by atoms with Gasteiger partial charge in [-0.05, 0) is 25.2 Å².